The summed E-state index contributed by atoms with van der Waals surface area (Å²) in [5, 5.41) is 19.8. The van der Waals surface area contributed by atoms with Gasteiger partial charge in [-0.15, -0.1) is 0 Å². The van der Waals surface area contributed by atoms with Crippen LogP contribution in [0.25, 0.3) is 16.5 Å². The highest BCUT2D eigenvalue weighted by molar-refractivity contribution is 6.00. The van der Waals surface area contributed by atoms with Gasteiger partial charge in [0.1, 0.15) is 17.9 Å². The first kappa shape index (κ1) is 21.6. The average Bonchev–Trinajstić information content (AvgIpc) is 3.18. The minimum atomic E-state index is -4.56. The molecule has 0 unspecified atom stereocenters. The molecule has 3 aromatic rings. The summed E-state index contributed by atoms with van der Waals surface area (Å²) in [6.07, 6.45) is 0.842. The molecule has 32 heavy (non-hydrogen) atoms. The van der Waals surface area contributed by atoms with Gasteiger partial charge in [0.05, 0.1) is 23.5 Å². The van der Waals surface area contributed by atoms with Crippen LogP contribution < -0.4 is 10.6 Å². The highest BCUT2D eigenvalue weighted by atomic mass is 19.4. The van der Waals surface area contributed by atoms with Gasteiger partial charge in [0.15, 0.2) is 0 Å². The Kier molecular flexibility index (Phi) is 5.71. The summed E-state index contributed by atoms with van der Waals surface area (Å²) in [4.78, 5) is 10.0. The molecule has 0 atom stereocenters. The van der Waals surface area contributed by atoms with E-state index in [-0.39, 0.29) is 18.3 Å². The molecule has 2 aromatic heterocycles. The van der Waals surface area contributed by atoms with Gasteiger partial charge in [-0.2, -0.15) is 28.5 Å². The number of hydrogen-bond donors (Lipinski definition) is 2. The molecule has 0 radical (unpaired) electrons. The Morgan fingerprint density at radius 1 is 1.25 bits per heavy atom. The van der Waals surface area contributed by atoms with Gasteiger partial charge in [-0.05, 0) is 25.1 Å². The lowest BCUT2D eigenvalue weighted by Gasteiger charge is -2.23. The minimum absolute atomic E-state index is 0.0166. The number of aromatic nitrogens is 4. The number of halogens is 3. The standard InChI is InChI=1S/C21H21F3N8/c1-26-19-16(21(22,23)24)12-27-20(30-19)29-17-4-3-14(13-5-8-31(2)9-6-13)18-15(17)11-28-32(18)10-7-25/h3-5,11-12H,6,8-10H2,1-2H3,(H2,26,27,29,30). The predicted octanol–water partition coefficient (Wildman–Crippen LogP) is 3.87. The van der Waals surface area contributed by atoms with Gasteiger partial charge in [-0.25, -0.2) is 9.67 Å². The maximum absolute atomic E-state index is 13.1. The molecule has 0 amide bonds. The zero-order valence-corrected chi connectivity index (χ0v) is 17.5. The molecular formula is C21H21F3N8. The van der Waals surface area contributed by atoms with E-state index >= 15 is 0 Å². The van der Waals surface area contributed by atoms with Crippen molar-refractivity contribution in [1.29, 1.82) is 5.26 Å². The Bertz CT molecular complexity index is 1220. The number of alkyl halides is 3. The van der Waals surface area contributed by atoms with Crippen molar-refractivity contribution in [2.45, 2.75) is 19.1 Å². The molecule has 4 rings (SSSR count). The summed E-state index contributed by atoms with van der Waals surface area (Å²) in [7, 11) is 3.43. The first-order chi connectivity index (χ1) is 15.3. The summed E-state index contributed by atoms with van der Waals surface area (Å²) in [5.74, 6) is -0.303. The van der Waals surface area contributed by atoms with Gasteiger partial charge < -0.3 is 15.5 Å². The second-order valence-corrected chi connectivity index (χ2v) is 7.45. The molecular weight excluding hydrogens is 421 g/mol. The van der Waals surface area contributed by atoms with Gasteiger partial charge in [-0.3, -0.25) is 0 Å². The summed E-state index contributed by atoms with van der Waals surface area (Å²) >= 11 is 0. The molecule has 0 fully saturated rings. The van der Waals surface area contributed by atoms with E-state index in [0.717, 1.165) is 42.2 Å². The fraction of sp³-hybridized carbons (Fsp3) is 0.333. The normalized spacial score (nSPS) is 14.8. The van der Waals surface area contributed by atoms with Crippen LogP contribution in [0, 0.1) is 11.3 Å². The largest absolute Gasteiger partial charge is 0.421 e. The molecule has 166 valence electrons. The van der Waals surface area contributed by atoms with Crippen molar-refractivity contribution in [1.82, 2.24) is 24.6 Å². The molecule has 1 aromatic carbocycles. The Labute approximate surface area is 182 Å². The first-order valence-electron chi connectivity index (χ1n) is 9.94. The number of nitriles is 1. The zero-order chi connectivity index (χ0) is 22.9. The van der Waals surface area contributed by atoms with E-state index in [4.69, 9.17) is 0 Å². The SMILES string of the molecule is CNc1nc(Nc2ccc(C3=CCN(C)CC3)c3c2cnn3CC#N)ncc1C(F)(F)F. The van der Waals surface area contributed by atoms with Crippen LogP contribution in [0.15, 0.2) is 30.6 Å². The number of nitrogens with zero attached hydrogens (tertiary/aromatic N) is 6. The third kappa shape index (κ3) is 4.09. The van der Waals surface area contributed by atoms with Crippen molar-refractivity contribution >= 4 is 33.9 Å². The molecule has 11 heteroatoms. The Morgan fingerprint density at radius 2 is 2.06 bits per heavy atom. The summed E-state index contributed by atoms with van der Waals surface area (Å²) < 4.78 is 41.0. The van der Waals surface area contributed by atoms with Crippen LogP contribution in [0.1, 0.15) is 17.5 Å². The molecule has 2 N–H and O–H groups in total. The van der Waals surface area contributed by atoms with Crippen LogP contribution in [0.4, 0.5) is 30.6 Å². The van der Waals surface area contributed by atoms with E-state index in [1.165, 1.54) is 12.6 Å². The number of benzene rings is 1. The van der Waals surface area contributed by atoms with Crippen LogP contribution in [0.2, 0.25) is 0 Å². The molecule has 0 spiro atoms. The summed E-state index contributed by atoms with van der Waals surface area (Å²) in [6.45, 7) is 1.83. The van der Waals surface area contributed by atoms with Crippen LogP contribution in [-0.4, -0.2) is 51.8 Å². The number of hydrogen-bond acceptors (Lipinski definition) is 7. The number of nitrogens with one attached hydrogen (secondary N) is 2. The predicted molar refractivity (Wildman–Crippen MR) is 115 cm³/mol. The maximum atomic E-state index is 13.1. The van der Waals surface area contributed by atoms with Gasteiger partial charge in [0.25, 0.3) is 0 Å². The molecule has 1 aliphatic rings. The lowest BCUT2D eigenvalue weighted by atomic mass is 9.97. The lowest BCUT2D eigenvalue weighted by molar-refractivity contribution is -0.137. The number of anilines is 3. The van der Waals surface area contributed by atoms with E-state index < -0.39 is 11.7 Å². The van der Waals surface area contributed by atoms with E-state index in [1.807, 2.05) is 12.1 Å². The van der Waals surface area contributed by atoms with Gasteiger partial charge in [0.2, 0.25) is 5.95 Å². The average molecular weight is 442 g/mol. The number of likely N-dealkylation sites (N-methyl/N-ethyl adjacent to an activating group) is 1. The van der Waals surface area contributed by atoms with E-state index in [9.17, 15) is 18.4 Å². The number of fused-ring (bicyclic) bond motifs is 1. The quantitative estimate of drug-likeness (QED) is 0.619. The van der Waals surface area contributed by atoms with Gasteiger partial charge >= 0.3 is 6.18 Å². The summed E-state index contributed by atoms with van der Waals surface area (Å²) in [6, 6.07) is 5.88. The Balaban J connectivity index is 1.77. The molecule has 0 saturated carbocycles. The van der Waals surface area contributed by atoms with Crippen molar-refractivity contribution in [3.8, 4) is 6.07 Å². The fourth-order valence-electron chi connectivity index (χ4n) is 3.73. The second kappa shape index (κ2) is 8.47. The minimum Gasteiger partial charge on any atom is -0.372 e. The van der Waals surface area contributed by atoms with Crippen molar-refractivity contribution in [3.05, 3.63) is 41.7 Å². The molecule has 0 aliphatic carbocycles. The van der Waals surface area contributed by atoms with Crippen molar-refractivity contribution in [2.75, 3.05) is 37.8 Å². The van der Waals surface area contributed by atoms with E-state index in [1.54, 1.807) is 10.9 Å². The van der Waals surface area contributed by atoms with Crippen molar-refractivity contribution in [3.63, 3.8) is 0 Å². The van der Waals surface area contributed by atoms with Crippen LogP contribution in [0.5, 0.6) is 0 Å². The highest BCUT2D eigenvalue weighted by Gasteiger charge is 2.35. The number of rotatable bonds is 5. The maximum Gasteiger partial charge on any atom is 0.421 e. The fourth-order valence-corrected chi connectivity index (χ4v) is 3.73. The van der Waals surface area contributed by atoms with Crippen LogP contribution in [0.3, 0.4) is 0 Å². The highest BCUT2D eigenvalue weighted by Crippen LogP contribution is 2.36. The second-order valence-electron chi connectivity index (χ2n) is 7.45. The topological polar surface area (TPSA) is 94.7 Å². The molecule has 3 heterocycles. The smallest absolute Gasteiger partial charge is 0.372 e. The van der Waals surface area contributed by atoms with Gasteiger partial charge in [0, 0.05) is 37.3 Å². The third-order valence-corrected chi connectivity index (χ3v) is 5.36. The third-order valence-electron chi connectivity index (χ3n) is 5.36. The van der Waals surface area contributed by atoms with Gasteiger partial charge in [-0.1, -0.05) is 12.1 Å². The molecule has 0 bridgehead atoms. The monoisotopic (exact) mass is 442 g/mol. The van der Waals surface area contributed by atoms with Crippen molar-refractivity contribution in [2.24, 2.45) is 0 Å². The van der Waals surface area contributed by atoms with Crippen LogP contribution >= 0.6 is 0 Å². The lowest BCUT2D eigenvalue weighted by Crippen LogP contribution is -2.23. The molecule has 0 saturated heterocycles. The zero-order valence-electron chi connectivity index (χ0n) is 17.5. The molecule has 1 aliphatic heterocycles. The van der Waals surface area contributed by atoms with E-state index in [2.05, 4.69) is 49.8 Å². The first-order valence-corrected chi connectivity index (χ1v) is 9.94. The molecule has 8 nitrogen and oxygen atoms in total. The van der Waals surface area contributed by atoms with Crippen molar-refractivity contribution < 1.29 is 13.2 Å². The summed E-state index contributed by atoms with van der Waals surface area (Å²) in [5.41, 5.74) is 2.58. The Morgan fingerprint density at radius 3 is 2.72 bits per heavy atom. The Hall–Kier alpha value is -3.65. The van der Waals surface area contributed by atoms with E-state index in [0.29, 0.717) is 5.69 Å². The van der Waals surface area contributed by atoms with Crippen LogP contribution in [-0.2, 0) is 12.7 Å².